The van der Waals surface area contributed by atoms with Crippen molar-refractivity contribution in [3.8, 4) is 0 Å². The first-order valence-electron chi connectivity index (χ1n) is 8.57. The molecule has 2 fully saturated rings. The van der Waals surface area contributed by atoms with Crippen LogP contribution in [-0.2, 0) is 6.42 Å². The first kappa shape index (κ1) is 14.0. The lowest BCUT2D eigenvalue weighted by Gasteiger charge is -2.38. The highest BCUT2D eigenvalue weighted by Gasteiger charge is 2.37. The van der Waals surface area contributed by atoms with Gasteiger partial charge in [0.15, 0.2) is 0 Å². The van der Waals surface area contributed by atoms with Crippen LogP contribution in [0.1, 0.15) is 69.4 Å². The fraction of sp³-hybridized carbons (Fsp3) is 0.684. The smallest absolute Gasteiger partial charge is 0.0404 e. The highest BCUT2D eigenvalue weighted by atomic mass is 14.9. The van der Waals surface area contributed by atoms with E-state index in [-0.39, 0.29) is 0 Å². The zero-order valence-corrected chi connectivity index (χ0v) is 13.2. The Labute approximate surface area is 124 Å². The van der Waals surface area contributed by atoms with Crippen LogP contribution in [0.25, 0.3) is 0 Å². The fourth-order valence-electron chi connectivity index (χ4n) is 4.43. The molecule has 1 nitrogen and oxygen atoms in total. The Morgan fingerprint density at radius 2 is 1.80 bits per heavy atom. The molecule has 0 unspecified atom stereocenters. The predicted molar refractivity (Wildman–Crippen MR) is 87.3 cm³/mol. The molecule has 1 N–H and O–H groups in total. The second kappa shape index (κ2) is 5.79. The van der Waals surface area contributed by atoms with Crippen molar-refractivity contribution in [3.05, 3.63) is 29.3 Å². The number of anilines is 1. The first-order valence-corrected chi connectivity index (χ1v) is 8.57. The Bertz CT molecular complexity index is 447. The molecular weight excluding hydrogens is 242 g/mol. The van der Waals surface area contributed by atoms with E-state index in [9.17, 15) is 0 Å². The SMILES string of the molecule is CCc1cccc(C)c1NC1CCC2(CCCC2)CC1. The topological polar surface area (TPSA) is 12.0 Å². The number of nitrogens with one attached hydrogen (secondary N) is 1. The number of rotatable bonds is 3. The molecule has 0 atom stereocenters. The number of benzene rings is 1. The molecule has 2 saturated carbocycles. The van der Waals surface area contributed by atoms with Gasteiger partial charge in [-0.1, -0.05) is 38.0 Å². The zero-order valence-electron chi connectivity index (χ0n) is 13.2. The van der Waals surface area contributed by atoms with Gasteiger partial charge in [-0.05, 0) is 68.4 Å². The molecule has 0 saturated heterocycles. The molecule has 0 bridgehead atoms. The van der Waals surface area contributed by atoms with Gasteiger partial charge in [0.25, 0.3) is 0 Å². The van der Waals surface area contributed by atoms with Crippen molar-refractivity contribution in [3.63, 3.8) is 0 Å². The van der Waals surface area contributed by atoms with Gasteiger partial charge in [-0.25, -0.2) is 0 Å². The fourth-order valence-corrected chi connectivity index (χ4v) is 4.43. The van der Waals surface area contributed by atoms with Gasteiger partial charge in [-0.3, -0.25) is 0 Å². The summed E-state index contributed by atoms with van der Waals surface area (Å²) in [5.41, 5.74) is 5.05. The molecule has 110 valence electrons. The lowest BCUT2D eigenvalue weighted by molar-refractivity contribution is 0.188. The van der Waals surface area contributed by atoms with Crippen LogP contribution in [0, 0.1) is 12.3 Å². The molecule has 0 aliphatic heterocycles. The van der Waals surface area contributed by atoms with Crippen molar-refractivity contribution >= 4 is 5.69 Å². The highest BCUT2D eigenvalue weighted by Crippen LogP contribution is 2.49. The Morgan fingerprint density at radius 1 is 1.10 bits per heavy atom. The molecule has 2 aliphatic rings. The summed E-state index contributed by atoms with van der Waals surface area (Å²) >= 11 is 0. The highest BCUT2D eigenvalue weighted by molar-refractivity contribution is 5.57. The third-order valence-corrected chi connectivity index (χ3v) is 5.80. The molecule has 1 aromatic rings. The molecule has 2 aliphatic carbocycles. The predicted octanol–water partition coefficient (Wildman–Crippen LogP) is 5.47. The zero-order chi connectivity index (χ0) is 14.0. The van der Waals surface area contributed by atoms with Crippen LogP contribution in [0.4, 0.5) is 5.69 Å². The van der Waals surface area contributed by atoms with Gasteiger partial charge in [-0.2, -0.15) is 0 Å². The van der Waals surface area contributed by atoms with E-state index >= 15 is 0 Å². The molecule has 0 radical (unpaired) electrons. The molecule has 3 rings (SSSR count). The average molecular weight is 271 g/mol. The van der Waals surface area contributed by atoms with Gasteiger partial charge in [0.05, 0.1) is 0 Å². The van der Waals surface area contributed by atoms with Crippen molar-refractivity contribution < 1.29 is 0 Å². The summed E-state index contributed by atoms with van der Waals surface area (Å²) in [5, 5.41) is 3.88. The molecule has 0 heterocycles. The van der Waals surface area contributed by atoms with Crippen LogP contribution in [0.15, 0.2) is 18.2 Å². The van der Waals surface area contributed by atoms with Gasteiger partial charge in [0, 0.05) is 11.7 Å². The summed E-state index contributed by atoms with van der Waals surface area (Å²) in [6.07, 6.45) is 12.8. The maximum absolute atomic E-state index is 3.88. The van der Waals surface area contributed by atoms with Gasteiger partial charge >= 0.3 is 0 Å². The van der Waals surface area contributed by atoms with Gasteiger partial charge in [-0.15, -0.1) is 0 Å². The Hall–Kier alpha value is -0.980. The summed E-state index contributed by atoms with van der Waals surface area (Å²) in [6.45, 7) is 4.50. The number of aryl methyl sites for hydroxylation is 2. The monoisotopic (exact) mass is 271 g/mol. The van der Waals surface area contributed by atoms with Gasteiger partial charge in [0.1, 0.15) is 0 Å². The molecular formula is C19H29N. The third-order valence-electron chi connectivity index (χ3n) is 5.80. The summed E-state index contributed by atoms with van der Waals surface area (Å²) < 4.78 is 0. The van der Waals surface area contributed by atoms with Crippen molar-refractivity contribution in [1.82, 2.24) is 0 Å². The molecule has 1 heteroatoms. The first-order chi connectivity index (χ1) is 9.72. The average Bonchev–Trinajstić information content (AvgIpc) is 2.92. The van der Waals surface area contributed by atoms with Crippen LogP contribution in [0.3, 0.4) is 0 Å². The minimum atomic E-state index is 0.702. The van der Waals surface area contributed by atoms with Crippen LogP contribution < -0.4 is 5.32 Å². The van der Waals surface area contributed by atoms with E-state index in [0.717, 1.165) is 11.8 Å². The summed E-state index contributed by atoms with van der Waals surface area (Å²) in [6, 6.07) is 7.40. The maximum atomic E-state index is 3.88. The van der Waals surface area contributed by atoms with Gasteiger partial charge in [0.2, 0.25) is 0 Å². The molecule has 0 amide bonds. The largest absolute Gasteiger partial charge is 0.382 e. The third kappa shape index (κ3) is 2.73. The maximum Gasteiger partial charge on any atom is 0.0404 e. The van der Waals surface area contributed by atoms with Crippen LogP contribution in [0.2, 0.25) is 0 Å². The van der Waals surface area contributed by atoms with Crippen molar-refractivity contribution in [2.24, 2.45) is 5.41 Å². The summed E-state index contributed by atoms with van der Waals surface area (Å²) in [5.74, 6) is 0. The Kier molecular flexibility index (Phi) is 4.05. The number of para-hydroxylation sites is 1. The molecule has 20 heavy (non-hydrogen) atoms. The van der Waals surface area contributed by atoms with E-state index in [1.165, 1.54) is 68.2 Å². The van der Waals surface area contributed by atoms with Crippen LogP contribution >= 0.6 is 0 Å². The molecule has 0 aromatic heterocycles. The Morgan fingerprint density at radius 3 is 2.45 bits per heavy atom. The van der Waals surface area contributed by atoms with Crippen molar-refractivity contribution in [1.29, 1.82) is 0 Å². The number of hydrogen-bond donors (Lipinski definition) is 1. The quantitative estimate of drug-likeness (QED) is 0.768. The number of hydrogen-bond acceptors (Lipinski definition) is 1. The summed E-state index contributed by atoms with van der Waals surface area (Å²) in [4.78, 5) is 0. The van der Waals surface area contributed by atoms with Gasteiger partial charge < -0.3 is 5.32 Å². The second-order valence-electron chi connectivity index (χ2n) is 7.09. The van der Waals surface area contributed by atoms with E-state index in [4.69, 9.17) is 0 Å². The van der Waals surface area contributed by atoms with E-state index in [0.29, 0.717) is 6.04 Å². The van der Waals surface area contributed by atoms with E-state index in [1.807, 2.05) is 0 Å². The van der Waals surface area contributed by atoms with E-state index in [1.54, 1.807) is 0 Å². The minimum Gasteiger partial charge on any atom is -0.382 e. The normalized spacial score (nSPS) is 22.3. The van der Waals surface area contributed by atoms with E-state index in [2.05, 4.69) is 37.4 Å². The van der Waals surface area contributed by atoms with E-state index < -0.39 is 0 Å². The van der Waals surface area contributed by atoms with Crippen LogP contribution in [-0.4, -0.2) is 6.04 Å². The lowest BCUT2D eigenvalue weighted by Crippen LogP contribution is -2.32. The Balaban J connectivity index is 1.65. The molecule has 1 spiro atoms. The standard InChI is InChI=1S/C19H29N/c1-3-16-8-6-7-15(2)18(16)20-17-9-13-19(14-10-17)11-4-5-12-19/h6-8,17,20H,3-5,9-14H2,1-2H3. The lowest BCUT2D eigenvalue weighted by atomic mass is 9.71. The molecule has 1 aromatic carbocycles. The van der Waals surface area contributed by atoms with Crippen molar-refractivity contribution in [2.75, 3.05) is 5.32 Å². The van der Waals surface area contributed by atoms with Crippen molar-refractivity contribution in [2.45, 2.75) is 77.7 Å². The second-order valence-corrected chi connectivity index (χ2v) is 7.09. The summed E-state index contributed by atoms with van der Waals surface area (Å²) in [7, 11) is 0. The minimum absolute atomic E-state index is 0.702. The van der Waals surface area contributed by atoms with Crippen LogP contribution in [0.5, 0.6) is 0 Å².